The first-order valence-electron chi connectivity index (χ1n) is 5.04. The Morgan fingerprint density at radius 3 is 2.67 bits per heavy atom. The molecule has 0 heterocycles. The molecule has 3 heteroatoms. The van der Waals surface area contributed by atoms with Crippen LogP contribution < -0.4 is 10.5 Å². The maximum atomic E-state index is 5.65. The Bertz CT molecular complexity index is 361. The van der Waals surface area contributed by atoms with Crippen molar-refractivity contribution in [2.24, 2.45) is 11.7 Å². The molecule has 2 N–H and O–H groups in total. The van der Waals surface area contributed by atoms with Gasteiger partial charge in [-0.2, -0.15) is 0 Å². The van der Waals surface area contributed by atoms with E-state index in [1.54, 1.807) is 0 Å². The first kappa shape index (κ1) is 12.0. The molecule has 0 saturated carbocycles. The van der Waals surface area contributed by atoms with Crippen molar-refractivity contribution in [2.45, 2.75) is 20.8 Å². The van der Waals surface area contributed by atoms with Gasteiger partial charge in [0.15, 0.2) is 0 Å². The summed E-state index contributed by atoms with van der Waals surface area (Å²) in [6, 6.07) is 5.88. The summed E-state index contributed by atoms with van der Waals surface area (Å²) in [5.74, 6) is 1.27. The van der Waals surface area contributed by atoms with E-state index in [4.69, 9.17) is 22.7 Å². The van der Waals surface area contributed by atoms with Crippen LogP contribution in [0.25, 0.3) is 0 Å². The predicted octanol–water partition coefficient (Wildman–Crippen LogP) is 2.66. The van der Waals surface area contributed by atoms with Crippen molar-refractivity contribution < 1.29 is 4.74 Å². The molecule has 0 unspecified atom stereocenters. The van der Waals surface area contributed by atoms with Gasteiger partial charge in [0.05, 0.1) is 12.2 Å². The zero-order valence-electron chi connectivity index (χ0n) is 9.41. The van der Waals surface area contributed by atoms with Crippen LogP contribution in [0.5, 0.6) is 5.75 Å². The fourth-order valence-corrected chi connectivity index (χ4v) is 1.38. The first-order chi connectivity index (χ1) is 7.00. The molecule has 15 heavy (non-hydrogen) atoms. The molecule has 0 fully saturated rings. The van der Waals surface area contributed by atoms with E-state index >= 15 is 0 Å². The number of ether oxygens (including phenoxy) is 1. The zero-order valence-corrected chi connectivity index (χ0v) is 10.2. The third-order valence-corrected chi connectivity index (χ3v) is 2.19. The van der Waals surface area contributed by atoms with Crippen LogP contribution in [0.15, 0.2) is 18.2 Å². The van der Waals surface area contributed by atoms with Gasteiger partial charge in [-0.25, -0.2) is 0 Å². The second kappa shape index (κ2) is 5.12. The Hall–Kier alpha value is -1.09. The van der Waals surface area contributed by atoms with Gasteiger partial charge in [0.25, 0.3) is 0 Å². The molecule has 0 radical (unpaired) electrons. The Morgan fingerprint density at radius 2 is 2.13 bits per heavy atom. The molecule has 0 bridgehead atoms. The second-order valence-corrected chi connectivity index (χ2v) is 4.51. The quantitative estimate of drug-likeness (QED) is 0.797. The highest BCUT2D eigenvalue weighted by Gasteiger charge is 2.07. The third-order valence-electron chi connectivity index (χ3n) is 1.97. The van der Waals surface area contributed by atoms with Gasteiger partial charge in [-0.15, -0.1) is 0 Å². The summed E-state index contributed by atoms with van der Waals surface area (Å²) in [5, 5.41) is 0. The first-order valence-corrected chi connectivity index (χ1v) is 5.44. The number of hydrogen-bond donors (Lipinski definition) is 1. The predicted molar refractivity (Wildman–Crippen MR) is 67.4 cm³/mol. The molecule has 1 aromatic rings. The number of benzene rings is 1. The minimum absolute atomic E-state index is 0.387. The number of nitrogens with two attached hydrogens (primary N) is 1. The Morgan fingerprint density at radius 1 is 1.47 bits per heavy atom. The van der Waals surface area contributed by atoms with Crippen LogP contribution in [0.2, 0.25) is 0 Å². The van der Waals surface area contributed by atoms with Crippen molar-refractivity contribution in [1.82, 2.24) is 0 Å². The standard InChI is InChI=1S/C12H17NOS/c1-8(2)7-14-11-5-4-9(3)6-10(11)12(13)15/h4-6,8H,7H2,1-3H3,(H2,13,15). The van der Waals surface area contributed by atoms with E-state index < -0.39 is 0 Å². The molecule has 82 valence electrons. The smallest absolute Gasteiger partial charge is 0.129 e. The Balaban J connectivity index is 2.91. The highest BCUT2D eigenvalue weighted by atomic mass is 32.1. The molecule has 0 aliphatic rings. The molecule has 1 aromatic carbocycles. The Labute approximate surface area is 96.4 Å². The van der Waals surface area contributed by atoms with Crippen molar-refractivity contribution >= 4 is 17.2 Å². The molecule has 0 saturated heterocycles. The highest BCUT2D eigenvalue weighted by Crippen LogP contribution is 2.20. The van der Waals surface area contributed by atoms with Crippen LogP contribution >= 0.6 is 12.2 Å². The van der Waals surface area contributed by atoms with E-state index in [-0.39, 0.29) is 0 Å². The summed E-state index contributed by atoms with van der Waals surface area (Å²) in [6.07, 6.45) is 0. The molecule has 0 atom stereocenters. The van der Waals surface area contributed by atoms with Crippen molar-refractivity contribution in [2.75, 3.05) is 6.61 Å². The van der Waals surface area contributed by atoms with E-state index in [2.05, 4.69) is 13.8 Å². The van der Waals surface area contributed by atoms with Crippen molar-refractivity contribution in [3.63, 3.8) is 0 Å². The molecule has 0 amide bonds. The zero-order chi connectivity index (χ0) is 11.4. The molecule has 0 aromatic heterocycles. The monoisotopic (exact) mass is 223 g/mol. The van der Waals surface area contributed by atoms with Gasteiger partial charge in [0.2, 0.25) is 0 Å². The van der Waals surface area contributed by atoms with Gasteiger partial charge in [-0.05, 0) is 25.0 Å². The summed E-state index contributed by atoms with van der Waals surface area (Å²) >= 11 is 4.99. The normalized spacial score (nSPS) is 10.4. The van der Waals surface area contributed by atoms with Gasteiger partial charge in [-0.1, -0.05) is 37.7 Å². The van der Waals surface area contributed by atoms with Crippen LogP contribution in [0, 0.1) is 12.8 Å². The fourth-order valence-electron chi connectivity index (χ4n) is 1.22. The van der Waals surface area contributed by atoms with E-state index in [9.17, 15) is 0 Å². The maximum Gasteiger partial charge on any atom is 0.129 e. The lowest BCUT2D eigenvalue weighted by atomic mass is 10.1. The lowest BCUT2D eigenvalue weighted by Crippen LogP contribution is -2.13. The van der Waals surface area contributed by atoms with E-state index in [0.717, 1.165) is 16.9 Å². The van der Waals surface area contributed by atoms with Crippen LogP contribution in [0.4, 0.5) is 0 Å². The highest BCUT2D eigenvalue weighted by molar-refractivity contribution is 7.80. The van der Waals surface area contributed by atoms with Crippen LogP contribution in [-0.4, -0.2) is 11.6 Å². The summed E-state index contributed by atoms with van der Waals surface area (Å²) in [6.45, 7) is 6.90. The second-order valence-electron chi connectivity index (χ2n) is 4.07. The summed E-state index contributed by atoms with van der Waals surface area (Å²) in [7, 11) is 0. The lowest BCUT2D eigenvalue weighted by Gasteiger charge is -2.12. The summed E-state index contributed by atoms with van der Waals surface area (Å²) in [4.78, 5) is 0.387. The molecular formula is C12H17NOS. The number of aryl methyl sites for hydroxylation is 1. The third kappa shape index (κ3) is 3.51. The SMILES string of the molecule is Cc1ccc(OCC(C)C)c(C(N)=S)c1. The number of hydrogen-bond acceptors (Lipinski definition) is 2. The van der Waals surface area contributed by atoms with E-state index in [0.29, 0.717) is 17.5 Å². The van der Waals surface area contributed by atoms with Crippen LogP contribution in [0.1, 0.15) is 25.0 Å². The number of thiocarbonyl (C=S) groups is 1. The molecule has 0 spiro atoms. The lowest BCUT2D eigenvalue weighted by molar-refractivity contribution is 0.270. The molecule has 2 nitrogen and oxygen atoms in total. The molecule has 1 rings (SSSR count). The van der Waals surface area contributed by atoms with Gasteiger partial charge >= 0.3 is 0 Å². The van der Waals surface area contributed by atoms with Crippen molar-refractivity contribution in [3.05, 3.63) is 29.3 Å². The van der Waals surface area contributed by atoms with Gasteiger partial charge < -0.3 is 10.5 Å². The largest absolute Gasteiger partial charge is 0.493 e. The maximum absolute atomic E-state index is 5.65. The fraction of sp³-hybridized carbons (Fsp3) is 0.417. The van der Waals surface area contributed by atoms with Gasteiger partial charge in [0, 0.05) is 0 Å². The summed E-state index contributed by atoms with van der Waals surface area (Å²) < 4.78 is 5.65. The van der Waals surface area contributed by atoms with Crippen molar-refractivity contribution in [3.8, 4) is 5.75 Å². The summed E-state index contributed by atoms with van der Waals surface area (Å²) in [5.41, 5.74) is 7.60. The molecular weight excluding hydrogens is 206 g/mol. The average molecular weight is 223 g/mol. The van der Waals surface area contributed by atoms with E-state index in [1.807, 2.05) is 25.1 Å². The van der Waals surface area contributed by atoms with Gasteiger partial charge in [-0.3, -0.25) is 0 Å². The van der Waals surface area contributed by atoms with Crippen LogP contribution in [-0.2, 0) is 0 Å². The minimum Gasteiger partial charge on any atom is -0.493 e. The number of rotatable bonds is 4. The molecule has 0 aliphatic carbocycles. The molecule has 0 aliphatic heterocycles. The van der Waals surface area contributed by atoms with E-state index in [1.165, 1.54) is 0 Å². The average Bonchev–Trinajstić information content (AvgIpc) is 2.15. The van der Waals surface area contributed by atoms with Gasteiger partial charge in [0.1, 0.15) is 10.7 Å². The van der Waals surface area contributed by atoms with Crippen molar-refractivity contribution in [1.29, 1.82) is 0 Å². The van der Waals surface area contributed by atoms with Crippen LogP contribution in [0.3, 0.4) is 0 Å². The topological polar surface area (TPSA) is 35.2 Å². The minimum atomic E-state index is 0.387. The Kier molecular flexibility index (Phi) is 4.09.